The van der Waals surface area contributed by atoms with Gasteiger partial charge in [-0.2, -0.15) is 0 Å². The number of carbonyl (C=O) groups excluding carboxylic acids is 1. The molecule has 1 aliphatic rings. The Labute approximate surface area is 167 Å². The minimum absolute atomic E-state index is 0.0522. The van der Waals surface area contributed by atoms with Gasteiger partial charge in [-0.15, -0.1) is 0 Å². The van der Waals surface area contributed by atoms with E-state index in [9.17, 15) is 21.6 Å². The van der Waals surface area contributed by atoms with E-state index >= 15 is 0 Å². The number of ether oxygens (including phenoxy) is 1. The average Bonchev–Trinajstić information content (AvgIpc) is 2.94. The van der Waals surface area contributed by atoms with Gasteiger partial charge in [0.05, 0.1) is 34.7 Å². The zero-order valence-corrected chi connectivity index (χ0v) is 17.5. The van der Waals surface area contributed by atoms with Crippen molar-refractivity contribution in [1.29, 1.82) is 0 Å². The van der Waals surface area contributed by atoms with Gasteiger partial charge in [-0.25, -0.2) is 16.8 Å². The van der Waals surface area contributed by atoms with Crippen LogP contribution in [0, 0.1) is 13.8 Å². The quantitative estimate of drug-likeness (QED) is 0.644. The fourth-order valence-corrected chi connectivity index (χ4v) is 5.64. The summed E-state index contributed by atoms with van der Waals surface area (Å²) in [6.07, 6.45) is -0.229. The number of fused-ring (bicyclic) bond motifs is 1. The van der Waals surface area contributed by atoms with Crippen LogP contribution in [0.4, 0.5) is 11.4 Å². The lowest BCUT2D eigenvalue weighted by molar-refractivity contribution is -0.142. The van der Waals surface area contributed by atoms with Crippen molar-refractivity contribution in [2.75, 3.05) is 16.6 Å². The maximum atomic E-state index is 12.6. The van der Waals surface area contributed by atoms with E-state index < -0.39 is 25.8 Å². The highest BCUT2D eigenvalue weighted by molar-refractivity contribution is 7.94. The summed E-state index contributed by atoms with van der Waals surface area (Å²) >= 11 is 0. The molecule has 0 saturated heterocycles. The Hall–Kier alpha value is -2.86. The van der Waals surface area contributed by atoms with Crippen LogP contribution in [-0.4, -0.2) is 34.6 Å². The van der Waals surface area contributed by atoms with Crippen molar-refractivity contribution in [3.05, 3.63) is 40.8 Å². The number of hydrogen-bond acceptors (Lipinski definition) is 9. The van der Waals surface area contributed by atoms with Gasteiger partial charge in [0, 0.05) is 5.70 Å². The topological polar surface area (TPSA) is 145 Å². The minimum Gasteiger partial charge on any atom is -0.466 e. The first-order valence-corrected chi connectivity index (χ1v) is 11.5. The van der Waals surface area contributed by atoms with Gasteiger partial charge in [0.15, 0.2) is 10.7 Å². The van der Waals surface area contributed by atoms with E-state index in [0.717, 1.165) is 5.41 Å². The maximum absolute atomic E-state index is 12.6. The van der Waals surface area contributed by atoms with Crippen LogP contribution in [0.15, 0.2) is 43.6 Å². The summed E-state index contributed by atoms with van der Waals surface area (Å²) in [5, 5.41) is 7.40. The van der Waals surface area contributed by atoms with Crippen molar-refractivity contribution in [3.63, 3.8) is 0 Å². The molecule has 0 atom stereocenters. The predicted octanol–water partition coefficient (Wildman–Crippen LogP) is 2.09. The zero-order chi connectivity index (χ0) is 21.4. The van der Waals surface area contributed by atoms with E-state index in [4.69, 9.17) is 9.26 Å². The molecule has 2 heterocycles. The average molecular weight is 441 g/mol. The Bertz CT molecular complexity index is 1190. The van der Waals surface area contributed by atoms with E-state index in [0.29, 0.717) is 0 Å². The number of nitrogens with zero attached hydrogens (tertiary/aromatic N) is 1. The molecule has 29 heavy (non-hydrogen) atoms. The van der Waals surface area contributed by atoms with Gasteiger partial charge < -0.3 is 14.6 Å². The molecular formula is C17H19N3O7S2. The van der Waals surface area contributed by atoms with Gasteiger partial charge in [-0.3, -0.25) is 9.52 Å². The summed E-state index contributed by atoms with van der Waals surface area (Å²) in [4.78, 5) is 11.4. The summed E-state index contributed by atoms with van der Waals surface area (Å²) in [6.45, 7) is 4.79. The van der Waals surface area contributed by atoms with Gasteiger partial charge in [-0.05, 0) is 39.0 Å². The van der Waals surface area contributed by atoms with Crippen molar-refractivity contribution in [3.8, 4) is 0 Å². The van der Waals surface area contributed by atoms with Crippen LogP contribution in [0.2, 0.25) is 0 Å². The fourth-order valence-electron chi connectivity index (χ4n) is 2.90. The first-order chi connectivity index (χ1) is 13.5. The first-order valence-electron chi connectivity index (χ1n) is 8.51. The van der Waals surface area contributed by atoms with E-state index in [1.54, 1.807) is 6.92 Å². The van der Waals surface area contributed by atoms with Crippen LogP contribution < -0.4 is 10.0 Å². The molecule has 0 bridgehead atoms. The largest absolute Gasteiger partial charge is 0.466 e. The number of anilines is 2. The highest BCUT2D eigenvalue weighted by Gasteiger charge is 2.28. The van der Waals surface area contributed by atoms with Gasteiger partial charge in [0.25, 0.3) is 10.0 Å². The third-order valence-electron chi connectivity index (χ3n) is 4.01. The number of benzene rings is 1. The molecule has 156 valence electrons. The molecule has 2 aromatic rings. The summed E-state index contributed by atoms with van der Waals surface area (Å²) in [7, 11) is -7.92. The van der Waals surface area contributed by atoms with Crippen LogP contribution in [0.5, 0.6) is 0 Å². The third kappa shape index (κ3) is 4.27. The van der Waals surface area contributed by atoms with Crippen LogP contribution >= 0.6 is 0 Å². The van der Waals surface area contributed by atoms with Crippen LogP contribution in [0.1, 0.15) is 24.8 Å². The summed E-state index contributed by atoms with van der Waals surface area (Å²) in [5.41, 5.74) is 0.636. The predicted molar refractivity (Wildman–Crippen MR) is 103 cm³/mol. The number of carbonyl (C=O) groups is 1. The smallest absolute Gasteiger partial charge is 0.311 e. The number of aryl methyl sites for hydroxylation is 2. The Kier molecular flexibility index (Phi) is 5.41. The fraction of sp³-hybridized carbons (Fsp3) is 0.294. The van der Waals surface area contributed by atoms with E-state index in [-0.39, 0.29) is 51.3 Å². The van der Waals surface area contributed by atoms with Crippen molar-refractivity contribution in [1.82, 2.24) is 5.16 Å². The highest BCUT2D eigenvalue weighted by atomic mass is 32.2. The van der Waals surface area contributed by atoms with Gasteiger partial charge in [0.2, 0.25) is 9.84 Å². The molecule has 10 nitrogen and oxygen atoms in total. The van der Waals surface area contributed by atoms with Crippen LogP contribution in [-0.2, 0) is 29.4 Å². The van der Waals surface area contributed by atoms with Crippen LogP contribution in [0.25, 0.3) is 0 Å². The second-order valence-corrected chi connectivity index (χ2v) is 9.65. The van der Waals surface area contributed by atoms with E-state index in [1.165, 1.54) is 32.0 Å². The molecule has 0 spiro atoms. The minimum atomic E-state index is -4.03. The molecule has 1 aromatic heterocycles. The van der Waals surface area contributed by atoms with E-state index in [2.05, 4.69) is 15.2 Å². The Morgan fingerprint density at radius 2 is 2.03 bits per heavy atom. The second kappa shape index (κ2) is 7.52. The highest BCUT2D eigenvalue weighted by Crippen LogP contribution is 2.33. The molecule has 12 heteroatoms. The number of aromatic nitrogens is 1. The molecule has 1 aromatic carbocycles. The summed E-state index contributed by atoms with van der Waals surface area (Å²) < 4.78 is 62.5. The zero-order valence-electron chi connectivity index (χ0n) is 15.8. The first kappa shape index (κ1) is 20.9. The number of hydrogen-bond donors (Lipinski definition) is 2. The Morgan fingerprint density at radius 1 is 1.31 bits per heavy atom. The number of sulfonamides is 1. The molecule has 3 rings (SSSR count). The number of rotatable bonds is 6. The normalized spacial score (nSPS) is 15.1. The maximum Gasteiger partial charge on any atom is 0.311 e. The molecule has 0 radical (unpaired) electrons. The van der Waals surface area contributed by atoms with Crippen molar-refractivity contribution in [2.45, 2.75) is 37.0 Å². The number of sulfone groups is 1. The molecule has 2 N–H and O–H groups in total. The Balaban J connectivity index is 1.90. The number of nitrogens with one attached hydrogen (secondary N) is 2. The molecule has 0 amide bonds. The molecule has 0 saturated carbocycles. The lowest BCUT2D eigenvalue weighted by Crippen LogP contribution is -2.18. The third-order valence-corrected chi connectivity index (χ3v) is 7.18. The molecule has 0 aliphatic carbocycles. The standard InChI is InChI=1S/C17H19N3O7S2/c1-4-26-16(21)8-13-9-28(22,23)15-7-12(5-6-14(15)18-13)20-29(24,25)17-10(2)19-27-11(17)3/h5-7,9,18,20H,4,8H2,1-3H3. The second-order valence-electron chi connectivity index (χ2n) is 6.26. The molecule has 1 aliphatic heterocycles. The van der Waals surface area contributed by atoms with Crippen molar-refractivity contribution in [2.24, 2.45) is 0 Å². The SMILES string of the molecule is CCOC(=O)CC1=CS(=O)(=O)c2cc(NS(=O)(=O)c3c(C)noc3C)ccc2N1. The molecule has 0 fully saturated rings. The lowest BCUT2D eigenvalue weighted by atomic mass is 10.2. The van der Waals surface area contributed by atoms with Crippen molar-refractivity contribution < 1.29 is 30.9 Å². The van der Waals surface area contributed by atoms with Gasteiger partial charge in [-0.1, -0.05) is 5.16 Å². The molecular weight excluding hydrogens is 422 g/mol. The monoisotopic (exact) mass is 441 g/mol. The molecule has 0 unspecified atom stereocenters. The summed E-state index contributed by atoms with van der Waals surface area (Å²) in [6, 6.07) is 4.02. The van der Waals surface area contributed by atoms with Gasteiger partial charge >= 0.3 is 5.97 Å². The van der Waals surface area contributed by atoms with E-state index in [1.807, 2.05) is 0 Å². The van der Waals surface area contributed by atoms with Gasteiger partial charge in [0.1, 0.15) is 5.69 Å². The van der Waals surface area contributed by atoms with Crippen molar-refractivity contribution >= 4 is 37.2 Å². The Morgan fingerprint density at radius 3 is 2.66 bits per heavy atom. The number of esters is 1. The lowest BCUT2D eigenvalue weighted by Gasteiger charge is -2.20. The summed E-state index contributed by atoms with van der Waals surface area (Å²) in [5.74, 6) is -0.442. The van der Waals surface area contributed by atoms with Crippen LogP contribution in [0.3, 0.4) is 0 Å².